The largest absolute Gasteiger partial charge is 0.472 e. The molecule has 0 aromatic carbocycles. The summed E-state index contributed by atoms with van der Waals surface area (Å²) in [6.45, 7) is 2.23. The molecule has 1 unspecified atom stereocenters. The molecule has 310 valence electrons. The molecule has 3 atom stereocenters. The van der Waals surface area contributed by atoms with Gasteiger partial charge in [0.2, 0.25) is 0 Å². The Balaban J connectivity index is 4.41. The Bertz CT molecular complexity index is 983. The molecule has 0 bridgehead atoms. The van der Waals surface area contributed by atoms with E-state index in [2.05, 4.69) is 30.5 Å². The van der Waals surface area contributed by atoms with Crippen LogP contribution in [0, 0.1) is 0 Å². The number of aliphatic hydroxyl groups is 2. The van der Waals surface area contributed by atoms with Crippen LogP contribution in [0.3, 0.4) is 0 Å². The summed E-state index contributed by atoms with van der Waals surface area (Å²) < 4.78 is 32.5. The van der Waals surface area contributed by atoms with E-state index in [1.165, 1.54) is 128 Å². The lowest BCUT2D eigenvalue weighted by Gasteiger charge is -2.19. The minimum Gasteiger partial charge on any atom is -0.462 e. The van der Waals surface area contributed by atoms with Gasteiger partial charge in [-0.2, -0.15) is 0 Å². The van der Waals surface area contributed by atoms with Gasteiger partial charge in [-0.25, -0.2) is 9.36 Å². The van der Waals surface area contributed by atoms with E-state index < -0.39 is 51.8 Å². The fourth-order valence-corrected chi connectivity index (χ4v) is 6.38. The summed E-state index contributed by atoms with van der Waals surface area (Å²) in [6, 6.07) is 0. The quantitative estimate of drug-likeness (QED) is 0.0138. The van der Waals surface area contributed by atoms with E-state index in [1.54, 1.807) is 12.2 Å². The Hall–Kier alpha value is -1.81. The Morgan fingerprint density at radius 1 is 0.604 bits per heavy atom. The lowest BCUT2D eigenvalue weighted by atomic mass is 10.1. The molecule has 53 heavy (non-hydrogen) atoms. The highest BCUT2D eigenvalue weighted by Gasteiger charge is 2.26. The smallest absolute Gasteiger partial charge is 0.462 e. The van der Waals surface area contributed by atoms with Crippen molar-refractivity contribution < 1.29 is 47.8 Å². The second-order valence-electron chi connectivity index (χ2n) is 14.1. The van der Waals surface area contributed by atoms with Crippen LogP contribution < -0.4 is 0 Å². The van der Waals surface area contributed by atoms with E-state index in [9.17, 15) is 24.2 Å². The number of esters is 2. The van der Waals surface area contributed by atoms with Crippen LogP contribution in [-0.4, -0.2) is 65.7 Å². The highest BCUT2D eigenvalue weighted by atomic mass is 31.2. The molecule has 0 heterocycles. The summed E-state index contributed by atoms with van der Waals surface area (Å²) >= 11 is 0. The molecule has 0 aromatic rings. The van der Waals surface area contributed by atoms with Gasteiger partial charge in [0.1, 0.15) is 12.7 Å². The number of phosphoric ester groups is 1. The maximum absolute atomic E-state index is 12.5. The molecule has 10 nitrogen and oxygen atoms in total. The first-order chi connectivity index (χ1) is 25.7. The zero-order valence-electron chi connectivity index (χ0n) is 33.5. The summed E-state index contributed by atoms with van der Waals surface area (Å²) in [7, 11) is -4.64. The van der Waals surface area contributed by atoms with E-state index >= 15 is 0 Å². The SMILES string of the molecule is CCCC/C=C/CCCCCCCCCCCC(=O)OC[C@H](COP(=O)(O)OC[C@@H](O)CO)OC(=O)/C=C/C=C/CCCCCCCCCCCCC. The van der Waals surface area contributed by atoms with Gasteiger partial charge in [0.15, 0.2) is 6.10 Å². The molecular formula is C42H77O10P. The highest BCUT2D eigenvalue weighted by Crippen LogP contribution is 2.43. The Kier molecular flexibility index (Phi) is 37.2. The summed E-state index contributed by atoms with van der Waals surface area (Å²) in [5.74, 6) is -1.18. The van der Waals surface area contributed by atoms with Gasteiger partial charge in [0, 0.05) is 12.5 Å². The molecule has 0 spiro atoms. The first kappa shape index (κ1) is 51.2. The van der Waals surface area contributed by atoms with Crippen molar-refractivity contribution in [1.29, 1.82) is 0 Å². The van der Waals surface area contributed by atoms with Crippen LogP contribution in [0.4, 0.5) is 0 Å². The number of ether oxygens (including phenoxy) is 2. The van der Waals surface area contributed by atoms with Crippen LogP contribution >= 0.6 is 7.82 Å². The van der Waals surface area contributed by atoms with Crippen LogP contribution in [-0.2, 0) is 32.7 Å². The molecule has 0 amide bonds. The highest BCUT2D eigenvalue weighted by molar-refractivity contribution is 7.47. The van der Waals surface area contributed by atoms with Crippen molar-refractivity contribution >= 4 is 19.8 Å². The van der Waals surface area contributed by atoms with E-state index in [1.807, 2.05) is 6.08 Å². The molecule has 0 fully saturated rings. The maximum atomic E-state index is 12.5. The summed E-state index contributed by atoms with van der Waals surface area (Å²) in [6.07, 6.45) is 38.9. The lowest BCUT2D eigenvalue weighted by Crippen LogP contribution is -2.29. The molecule has 0 saturated carbocycles. The number of hydrogen-bond donors (Lipinski definition) is 3. The van der Waals surface area contributed by atoms with E-state index in [-0.39, 0.29) is 13.0 Å². The predicted molar refractivity (Wildman–Crippen MR) is 214 cm³/mol. The molecule has 0 saturated heterocycles. The molecule has 0 rings (SSSR count). The van der Waals surface area contributed by atoms with E-state index in [4.69, 9.17) is 19.1 Å². The second-order valence-corrected chi connectivity index (χ2v) is 15.5. The number of carbonyl (C=O) groups is 2. The number of rotatable bonds is 39. The standard InChI is InChI=1S/C42H77O10P/c1-3-5-7-9-11-13-15-17-19-21-23-25-27-29-31-33-41(45)49-37-40(38-51-53(47,48)50-36-39(44)35-43)52-42(46)34-32-30-28-26-24-22-20-18-16-14-12-10-8-6-4-2/h9,11,28,30,32,34,39-40,43-44H,3-8,10,12-27,29,31,33,35-38H2,1-2H3,(H,47,48)/b11-9+,30-28+,34-32+/t39-,40+/m0/s1. The molecule has 0 aromatic heterocycles. The predicted octanol–water partition coefficient (Wildman–Crippen LogP) is 10.8. The van der Waals surface area contributed by atoms with Crippen LogP contribution in [0.15, 0.2) is 36.5 Å². The summed E-state index contributed by atoms with van der Waals surface area (Å²) in [5, 5.41) is 18.3. The van der Waals surface area contributed by atoms with Crippen LogP contribution in [0.5, 0.6) is 0 Å². The molecule has 0 radical (unpaired) electrons. The van der Waals surface area contributed by atoms with Crippen molar-refractivity contribution in [3.8, 4) is 0 Å². The molecule has 0 aliphatic carbocycles. The fourth-order valence-electron chi connectivity index (χ4n) is 5.59. The number of phosphoric acid groups is 1. The number of hydrogen-bond acceptors (Lipinski definition) is 9. The van der Waals surface area contributed by atoms with Crippen molar-refractivity contribution in [1.82, 2.24) is 0 Å². The Labute approximate surface area is 322 Å². The fraction of sp³-hybridized carbons (Fsp3) is 0.810. The zero-order valence-corrected chi connectivity index (χ0v) is 34.4. The monoisotopic (exact) mass is 773 g/mol. The minimum absolute atomic E-state index is 0.220. The molecule has 11 heteroatoms. The van der Waals surface area contributed by atoms with Gasteiger partial charge in [-0.05, 0) is 38.5 Å². The number of unbranched alkanes of at least 4 members (excludes halogenated alkanes) is 22. The third-order valence-electron chi connectivity index (χ3n) is 8.87. The van der Waals surface area contributed by atoms with Gasteiger partial charge in [-0.3, -0.25) is 13.8 Å². The maximum Gasteiger partial charge on any atom is 0.472 e. The van der Waals surface area contributed by atoms with Crippen molar-refractivity contribution in [2.24, 2.45) is 0 Å². The number of aliphatic hydroxyl groups excluding tert-OH is 2. The van der Waals surface area contributed by atoms with E-state index in [0.717, 1.165) is 32.1 Å². The second kappa shape index (κ2) is 38.5. The third-order valence-corrected chi connectivity index (χ3v) is 9.82. The first-order valence-corrected chi connectivity index (χ1v) is 22.5. The van der Waals surface area contributed by atoms with Crippen molar-refractivity contribution in [2.45, 2.75) is 193 Å². The lowest BCUT2D eigenvalue weighted by molar-refractivity contribution is -0.157. The average Bonchev–Trinajstić information content (AvgIpc) is 3.14. The number of allylic oxidation sites excluding steroid dienone is 5. The Morgan fingerprint density at radius 3 is 1.62 bits per heavy atom. The third kappa shape index (κ3) is 38.3. The zero-order chi connectivity index (χ0) is 39.1. The van der Waals surface area contributed by atoms with Crippen molar-refractivity contribution in [2.75, 3.05) is 26.4 Å². The first-order valence-electron chi connectivity index (χ1n) is 21.0. The van der Waals surface area contributed by atoms with E-state index in [0.29, 0.717) is 6.42 Å². The van der Waals surface area contributed by atoms with Crippen LogP contribution in [0.25, 0.3) is 0 Å². The van der Waals surface area contributed by atoms with Gasteiger partial charge >= 0.3 is 19.8 Å². The molecular weight excluding hydrogens is 695 g/mol. The summed E-state index contributed by atoms with van der Waals surface area (Å²) in [4.78, 5) is 34.8. The van der Waals surface area contributed by atoms with Gasteiger partial charge < -0.3 is 24.6 Å². The average molecular weight is 773 g/mol. The van der Waals surface area contributed by atoms with Gasteiger partial charge in [-0.1, -0.05) is 166 Å². The van der Waals surface area contributed by atoms with Gasteiger partial charge in [0.25, 0.3) is 0 Å². The summed E-state index contributed by atoms with van der Waals surface area (Å²) in [5.41, 5.74) is 0. The topological polar surface area (TPSA) is 149 Å². The normalized spacial score (nSPS) is 14.3. The molecule has 0 aliphatic heterocycles. The minimum atomic E-state index is -4.64. The molecule has 0 aliphatic rings. The van der Waals surface area contributed by atoms with Gasteiger partial charge in [0.05, 0.1) is 19.8 Å². The van der Waals surface area contributed by atoms with Crippen molar-refractivity contribution in [3.05, 3.63) is 36.5 Å². The van der Waals surface area contributed by atoms with Crippen LogP contribution in [0.1, 0.15) is 181 Å². The molecule has 3 N–H and O–H groups in total. The Morgan fingerprint density at radius 2 is 1.08 bits per heavy atom. The van der Waals surface area contributed by atoms with Crippen LogP contribution in [0.2, 0.25) is 0 Å². The van der Waals surface area contributed by atoms with Gasteiger partial charge in [-0.15, -0.1) is 0 Å². The van der Waals surface area contributed by atoms with Crippen molar-refractivity contribution in [3.63, 3.8) is 0 Å². The number of carbonyl (C=O) groups excluding carboxylic acids is 2.